The largest absolute Gasteiger partial charge is 0.438 e. The van der Waals surface area contributed by atoms with Crippen molar-refractivity contribution in [1.29, 1.82) is 0 Å². The summed E-state index contributed by atoms with van der Waals surface area (Å²) in [6.07, 6.45) is -3.09. The van der Waals surface area contributed by atoms with Crippen LogP contribution < -0.4 is 9.64 Å². The molecule has 1 heterocycles. The molecule has 0 spiro atoms. The molecule has 0 atom stereocenters. The highest BCUT2D eigenvalue weighted by atomic mass is 19.4. The molecule has 1 aromatic heterocycles. The average molecular weight is 373 g/mol. The maximum atomic E-state index is 13.4. The van der Waals surface area contributed by atoms with Crippen LogP contribution in [0.25, 0.3) is 0 Å². The van der Waals surface area contributed by atoms with Gasteiger partial charge in [0.15, 0.2) is 0 Å². The lowest BCUT2D eigenvalue weighted by Gasteiger charge is -2.21. The van der Waals surface area contributed by atoms with Crippen molar-refractivity contribution in [2.24, 2.45) is 0 Å². The first-order chi connectivity index (χ1) is 12.9. The van der Waals surface area contributed by atoms with E-state index in [1.54, 1.807) is 42.3 Å². The van der Waals surface area contributed by atoms with Gasteiger partial charge in [0.05, 0.1) is 0 Å². The molecule has 0 bridgehead atoms. The van der Waals surface area contributed by atoms with E-state index < -0.39 is 17.6 Å². The number of aryl methyl sites for hydroxylation is 1. The molecule has 0 aliphatic heterocycles. The predicted octanol–water partition coefficient (Wildman–Crippen LogP) is 5.62. The van der Waals surface area contributed by atoms with E-state index in [-0.39, 0.29) is 11.7 Å². The minimum Gasteiger partial charge on any atom is -0.438 e. The highest BCUT2D eigenvalue weighted by Crippen LogP contribution is 2.38. The SMILES string of the molecule is CCc1ccccc1N(C)c1ncc(C(F)(F)F)c(Oc2ccccc2)n1. The number of ether oxygens (including phenoxy) is 1. The zero-order valence-electron chi connectivity index (χ0n) is 14.9. The second-order valence-electron chi connectivity index (χ2n) is 5.84. The quantitative estimate of drug-likeness (QED) is 0.582. The Kier molecular flexibility index (Phi) is 5.30. The fourth-order valence-electron chi connectivity index (χ4n) is 2.64. The molecule has 0 fully saturated rings. The van der Waals surface area contributed by atoms with Crippen molar-refractivity contribution in [3.8, 4) is 11.6 Å². The van der Waals surface area contributed by atoms with E-state index in [2.05, 4.69) is 9.97 Å². The van der Waals surface area contributed by atoms with Gasteiger partial charge in [-0.25, -0.2) is 4.98 Å². The van der Waals surface area contributed by atoms with Gasteiger partial charge in [0.2, 0.25) is 11.8 Å². The highest BCUT2D eigenvalue weighted by Gasteiger charge is 2.36. The molecule has 0 amide bonds. The van der Waals surface area contributed by atoms with Gasteiger partial charge in [-0.2, -0.15) is 18.2 Å². The Hall–Kier alpha value is -3.09. The number of para-hydroxylation sites is 2. The van der Waals surface area contributed by atoms with Crippen molar-refractivity contribution in [3.63, 3.8) is 0 Å². The van der Waals surface area contributed by atoms with Crippen LogP contribution in [0, 0.1) is 0 Å². The fourth-order valence-corrected chi connectivity index (χ4v) is 2.64. The lowest BCUT2D eigenvalue weighted by molar-refractivity contribution is -0.139. The predicted molar refractivity (Wildman–Crippen MR) is 97.4 cm³/mol. The monoisotopic (exact) mass is 373 g/mol. The van der Waals surface area contributed by atoms with E-state index in [4.69, 9.17) is 4.74 Å². The minimum absolute atomic E-state index is 0.120. The topological polar surface area (TPSA) is 38.2 Å². The molecule has 0 unspecified atom stereocenters. The molecular formula is C20H18F3N3O. The Balaban J connectivity index is 2.03. The van der Waals surface area contributed by atoms with Crippen LogP contribution in [0.1, 0.15) is 18.1 Å². The van der Waals surface area contributed by atoms with E-state index in [0.717, 1.165) is 23.9 Å². The Morgan fingerprint density at radius 2 is 1.67 bits per heavy atom. The highest BCUT2D eigenvalue weighted by molar-refractivity contribution is 5.61. The molecule has 0 aliphatic rings. The van der Waals surface area contributed by atoms with Crippen molar-refractivity contribution >= 4 is 11.6 Å². The number of rotatable bonds is 5. The lowest BCUT2D eigenvalue weighted by atomic mass is 10.1. The normalized spacial score (nSPS) is 11.3. The second kappa shape index (κ2) is 7.65. The van der Waals surface area contributed by atoms with Crippen molar-refractivity contribution in [1.82, 2.24) is 9.97 Å². The molecule has 0 radical (unpaired) electrons. The molecule has 0 saturated heterocycles. The lowest BCUT2D eigenvalue weighted by Crippen LogP contribution is -2.17. The summed E-state index contributed by atoms with van der Waals surface area (Å²) in [6.45, 7) is 2.00. The summed E-state index contributed by atoms with van der Waals surface area (Å²) in [5.74, 6) is -0.140. The minimum atomic E-state index is -4.62. The molecule has 140 valence electrons. The number of aromatic nitrogens is 2. The van der Waals surface area contributed by atoms with Gasteiger partial charge in [-0.1, -0.05) is 43.3 Å². The van der Waals surface area contributed by atoms with Gasteiger partial charge in [-0.3, -0.25) is 0 Å². The van der Waals surface area contributed by atoms with Crippen LogP contribution in [0.4, 0.5) is 24.8 Å². The van der Waals surface area contributed by atoms with Gasteiger partial charge in [0.25, 0.3) is 0 Å². The molecule has 7 heteroatoms. The van der Waals surface area contributed by atoms with Crippen molar-refractivity contribution in [2.75, 3.05) is 11.9 Å². The molecule has 0 aliphatic carbocycles. The third kappa shape index (κ3) is 4.19. The number of anilines is 2. The summed E-state index contributed by atoms with van der Waals surface area (Å²) in [4.78, 5) is 9.62. The standard InChI is InChI=1S/C20H18F3N3O/c1-3-14-9-7-8-12-17(14)26(2)19-24-13-16(20(21,22)23)18(25-19)27-15-10-5-4-6-11-15/h4-13H,3H2,1-2H3. The van der Waals surface area contributed by atoms with E-state index in [1.165, 1.54) is 0 Å². The third-order valence-electron chi connectivity index (χ3n) is 4.04. The number of hydrogen-bond donors (Lipinski definition) is 0. The summed E-state index contributed by atoms with van der Waals surface area (Å²) >= 11 is 0. The van der Waals surface area contributed by atoms with Crippen molar-refractivity contribution in [3.05, 3.63) is 71.9 Å². The molecule has 27 heavy (non-hydrogen) atoms. The third-order valence-corrected chi connectivity index (χ3v) is 4.04. The summed E-state index contributed by atoms with van der Waals surface area (Å²) in [7, 11) is 1.71. The number of hydrogen-bond acceptors (Lipinski definition) is 4. The van der Waals surface area contributed by atoms with Gasteiger partial charge in [0.1, 0.15) is 11.3 Å². The smallest absolute Gasteiger partial charge is 0.423 e. The Labute approximate surface area is 155 Å². The van der Waals surface area contributed by atoms with E-state index in [0.29, 0.717) is 0 Å². The maximum absolute atomic E-state index is 13.4. The first-order valence-electron chi connectivity index (χ1n) is 8.39. The summed E-state index contributed by atoms with van der Waals surface area (Å²) in [5, 5.41) is 0. The Morgan fingerprint density at radius 1 is 1.00 bits per heavy atom. The molecule has 4 nitrogen and oxygen atoms in total. The fraction of sp³-hybridized carbons (Fsp3) is 0.200. The van der Waals surface area contributed by atoms with Crippen LogP contribution in [-0.2, 0) is 12.6 Å². The zero-order valence-corrected chi connectivity index (χ0v) is 14.9. The summed E-state index contributed by atoms with van der Waals surface area (Å²) in [5.41, 5.74) is 0.840. The molecule has 0 N–H and O–H groups in total. The molecular weight excluding hydrogens is 355 g/mol. The summed E-state index contributed by atoms with van der Waals surface area (Å²) < 4.78 is 45.5. The molecule has 3 aromatic rings. The number of halogens is 3. The average Bonchev–Trinajstić information content (AvgIpc) is 2.67. The molecule has 2 aromatic carbocycles. The maximum Gasteiger partial charge on any atom is 0.423 e. The van der Waals surface area contributed by atoms with Crippen LogP contribution in [0.3, 0.4) is 0 Å². The van der Waals surface area contributed by atoms with Crippen LogP contribution in [0.2, 0.25) is 0 Å². The number of benzene rings is 2. The van der Waals surface area contributed by atoms with Crippen LogP contribution in [0.15, 0.2) is 60.8 Å². The number of alkyl halides is 3. The zero-order chi connectivity index (χ0) is 19.4. The van der Waals surface area contributed by atoms with E-state index in [9.17, 15) is 13.2 Å². The van der Waals surface area contributed by atoms with Gasteiger partial charge < -0.3 is 9.64 Å². The van der Waals surface area contributed by atoms with Crippen LogP contribution in [0.5, 0.6) is 11.6 Å². The first-order valence-corrected chi connectivity index (χ1v) is 8.39. The van der Waals surface area contributed by atoms with Gasteiger partial charge in [-0.15, -0.1) is 0 Å². The van der Waals surface area contributed by atoms with E-state index >= 15 is 0 Å². The molecule has 3 rings (SSSR count). The van der Waals surface area contributed by atoms with Crippen molar-refractivity contribution in [2.45, 2.75) is 19.5 Å². The molecule has 0 saturated carbocycles. The first kappa shape index (κ1) is 18.7. The van der Waals surface area contributed by atoms with Crippen molar-refractivity contribution < 1.29 is 17.9 Å². The van der Waals surface area contributed by atoms with Crippen LogP contribution >= 0.6 is 0 Å². The number of nitrogens with zero attached hydrogens (tertiary/aromatic N) is 3. The summed E-state index contributed by atoms with van der Waals surface area (Å²) in [6, 6.07) is 15.8. The van der Waals surface area contributed by atoms with Crippen LogP contribution in [-0.4, -0.2) is 17.0 Å². The van der Waals surface area contributed by atoms with Gasteiger partial charge >= 0.3 is 6.18 Å². The Bertz CT molecular complexity index is 914. The van der Waals surface area contributed by atoms with Gasteiger partial charge in [0, 0.05) is 18.9 Å². The Morgan fingerprint density at radius 3 is 2.33 bits per heavy atom. The van der Waals surface area contributed by atoms with Gasteiger partial charge in [-0.05, 0) is 30.2 Å². The van der Waals surface area contributed by atoms with E-state index in [1.807, 2.05) is 31.2 Å². The second-order valence-corrected chi connectivity index (χ2v) is 5.84.